The summed E-state index contributed by atoms with van der Waals surface area (Å²) in [6.45, 7) is 0.0561. The van der Waals surface area contributed by atoms with Crippen molar-refractivity contribution in [3.05, 3.63) is 35.4 Å². The molecule has 0 bridgehead atoms. The zero-order valence-corrected chi connectivity index (χ0v) is 7.46. The molecule has 0 aromatic heterocycles. The SMILES string of the molecule is C#C[C@@]1(CO)CCc2ccccc21. The number of terminal acetylenes is 1. The number of aryl methyl sites for hydroxylation is 1. The van der Waals surface area contributed by atoms with Crippen LogP contribution in [-0.2, 0) is 11.8 Å². The average molecular weight is 172 g/mol. The van der Waals surface area contributed by atoms with Crippen LogP contribution in [0.1, 0.15) is 17.5 Å². The van der Waals surface area contributed by atoms with E-state index in [2.05, 4.69) is 12.0 Å². The minimum Gasteiger partial charge on any atom is -0.394 e. The molecule has 0 amide bonds. The lowest BCUT2D eigenvalue weighted by atomic mass is 9.84. The van der Waals surface area contributed by atoms with Crippen molar-refractivity contribution in [2.24, 2.45) is 0 Å². The second-order valence-electron chi connectivity index (χ2n) is 3.54. The highest BCUT2D eigenvalue weighted by molar-refractivity contribution is 5.45. The Morgan fingerprint density at radius 1 is 1.46 bits per heavy atom. The number of aliphatic hydroxyl groups is 1. The van der Waals surface area contributed by atoms with Gasteiger partial charge in [-0.05, 0) is 24.0 Å². The van der Waals surface area contributed by atoms with E-state index in [9.17, 15) is 5.11 Å². The summed E-state index contributed by atoms with van der Waals surface area (Å²) in [5, 5.41) is 9.32. The first kappa shape index (κ1) is 8.34. The highest BCUT2D eigenvalue weighted by Crippen LogP contribution is 2.37. The summed E-state index contributed by atoms with van der Waals surface area (Å²) in [6, 6.07) is 8.11. The molecular formula is C12H12O. The molecule has 1 heteroatoms. The lowest BCUT2D eigenvalue weighted by Crippen LogP contribution is -2.25. The minimum atomic E-state index is -0.406. The summed E-state index contributed by atoms with van der Waals surface area (Å²) in [5.41, 5.74) is 2.02. The molecular weight excluding hydrogens is 160 g/mol. The van der Waals surface area contributed by atoms with Crippen LogP contribution in [0.2, 0.25) is 0 Å². The molecule has 1 N–H and O–H groups in total. The maximum absolute atomic E-state index is 9.32. The fourth-order valence-corrected chi connectivity index (χ4v) is 2.05. The van der Waals surface area contributed by atoms with Crippen LogP contribution in [0.15, 0.2) is 24.3 Å². The number of rotatable bonds is 1. The lowest BCUT2D eigenvalue weighted by molar-refractivity contribution is 0.230. The minimum absolute atomic E-state index is 0.0561. The van der Waals surface area contributed by atoms with E-state index in [0.29, 0.717) is 0 Å². The molecule has 0 aliphatic heterocycles. The Hall–Kier alpha value is -1.26. The fraction of sp³-hybridized carbons (Fsp3) is 0.333. The van der Waals surface area contributed by atoms with Gasteiger partial charge in [0.05, 0.1) is 12.0 Å². The molecule has 66 valence electrons. The third-order valence-electron chi connectivity index (χ3n) is 2.90. The Bertz CT molecular complexity index is 362. The van der Waals surface area contributed by atoms with Crippen molar-refractivity contribution < 1.29 is 5.11 Å². The van der Waals surface area contributed by atoms with Crippen molar-refractivity contribution in [2.75, 3.05) is 6.61 Å². The van der Waals surface area contributed by atoms with E-state index in [0.717, 1.165) is 18.4 Å². The van der Waals surface area contributed by atoms with Crippen LogP contribution in [0.25, 0.3) is 0 Å². The van der Waals surface area contributed by atoms with E-state index in [1.807, 2.05) is 18.2 Å². The van der Waals surface area contributed by atoms with Crippen LogP contribution in [0, 0.1) is 12.3 Å². The molecule has 0 unspecified atom stereocenters. The van der Waals surface area contributed by atoms with Gasteiger partial charge in [-0.1, -0.05) is 30.2 Å². The molecule has 2 rings (SSSR count). The Morgan fingerprint density at radius 3 is 2.92 bits per heavy atom. The van der Waals surface area contributed by atoms with Crippen LogP contribution in [0.4, 0.5) is 0 Å². The van der Waals surface area contributed by atoms with E-state index < -0.39 is 5.41 Å². The van der Waals surface area contributed by atoms with Gasteiger partial charge < -0.3 is 5.11 Å². The number of hydrogen-bond donors (Lipinski definition) is 1. The summed E-state index contributed by atoms with van der Waals surface area (Å²) in [4.78, 5) is 0. The van der Waals surface area contributed by atoms with Gasteiger partial charge >= 0.3 is 0 Å². The molecule has 0 saturated carbocycles. The van der Waals surface area contributed by atoms with Crippen LogP contribution in [0.5, 0.6) is 0 Å². The summed E-state index contributed by atoms with van der Waals surface area (Å²) in [7, 11) is 0. The quantitative estimate of drug-likeness (QED) is 0.636. The highest BCUT2D eigenvalue weighted by Gasteiger charge is 2.35. The van der Waals surface area contributed by atoms with Gasteiger partial charge in [-0.15, -0.1) is 6.42 Å². The normalized spacial score (nSPS) is 25.2. The van der Waals surface area contributed by atoms with Crippen molar-refractivity contribution in [1.29, 1.82) is 0 Å². The predicted molar refractivity (Wildman–Crippen MR) is 52.4 cm³/mol. The Kier molecular flexibility index (Phi) is 1.86. The number of aliphatic hydroxyl groups excluding tert-OH is 1. The van der Waals surface area contributed by atoms with E-state index in [-0.39, 0.29) is 6.61 Å². The topological polar surface area (TPSA) is 20.2 Å². The third-order valence-corrected chi connectivity index (χ3v) is 2.90. The maximum atomic E-state index is 9.32. The number of fused-ring (bicyclic) bond motifs is 1. The molecule has 13 heavy (non-hydrogen) atoms. The van der Waals surface area contributed by atoms with Gasteiger partial charge in [-0.25, -0.2) is 0 Å². The number of benzene rings is 1. The van der Waals surface area contributed by atoms with Crippen LogP contribution in [-0.4, -0.2) is 11.7 Å². The van der Waals surface area contributed by atoms with Crippen LogP contribution in [0.3, 0.4) is 0 Å². The summed E-state index contributed by atoms with van der Waals surface area (Å²) in [5.74, 6) is 2.73. The summed E-state index contributed by atoms with van der Waals surface area (Å²) >= 11 is 0. The molecule has 0 heterocycles. The van der Waals surface area contributed by atoms with E-state index >= 15 is 0 Å². The molecule has 1 aromatic carbocycles. The van der Waals surface area contributed by atoms with Crippen LogP contribution >= 0.6 is 0 Å². The third kappa shape index (κ3) is 1.07. The van der Waals surface area contributed by atoms with Crippen molar-refractivity contribution in [2.45, 2.75) is 18.3 Å². The van der Waals surface area contributed by atoms with Crippen molar-refractivity contribution in [3.63, 3.8) is 0 Å². The molecule has 0 fully saturated rings. The smallest absolute Gasteiger partial charge is 0.0796 e. The van der Waals surface area contributed by atoms with Gasteiger partial charge in [0.25, 0.3) is 0 Å². The first-order chi connectivity index (χ1) is 6.32. The Morgan fingerprint density at radius 2 is 2.23 bits per heavy atom. The second kappa shape index (κ2) is 2.90. The van der Waals surface area contributed by atoms with Crippen molar-refractivity contribution >= 4 is 0 Å². The van der Waals surface area contributed by atoms with Crippen molar-refractivity contribution in [3.8, 4) is 12.3 Å². The van der Waals surface area contributed by atoms with Crippen LogP contribution < -0.4 is 0 Å². The molecule has 1 atom stereocenters. The Labute approximate surface area is 78.4 Å². The Balaban J connectivity index is 2.55. The van der Waals surface area contributed by atoms with Gasteiger partial charge in [-0.2, -0.15) is 0 Å². The first-order valence-electron chi connectivity index (χ1n) is 4.49. The van der Waals surface area contributed by atoms with Gasteiger partial charge in [0.2, 0.25) is 0 Å². The second-order valence-corrected chi connectivity index (χ2v) is 3.54. The fourth-order valence-electron chi connectivity index (χ4n) is 2.05. The molecule has 1 aliphatic rings. The maximum Gasteiger partial charge on any atom is 0.0796 e. The van der Waals surface area contributed by atoms with Crippen molar-refractivity contribution in [1.82, 2.24) is 0 Å². The molecule has 0 spiro atoms. The summed E-state index contributed by atoms with van der Waals surface area (Å²) < 4.78 is 0. The van der Waals surface area contributed by atoms with E-state index in [1.54, 1.807) is 0 Å². The van der Waals surface area contributed by atoms with Gasteiger partial charge in [0.15, 0.2) is 0 Å². The molecule has 1 aliphatic carbocycles. The highest BCUT2D eigenvalue weighted by atomic mass is 16.3. The zero-order chi connectivity index (χ0) is 9.31. The van der Waals surface area contributed by atoms with Gasteiger partial charge in [0.1, 0.15) is 0 Å². The largest absolute Gasteiger partial charge is 0.394 e. The summed E-state index contributed by atoms with van der Waals surface area (Å²) in [6.07, 6.45) is 7.35. The van der Waals surface area contributed by atoms with Gasteiger partial charge in [0, 0.05) is 0 Å². The predicted octanol–water partition coefficient (Wildman–Crippen LogP) is 1.50. The lowest BCUT2D eigenvalue weighted by Gasteiger charge is -2.20. The monoisotopic (exact) mass is 172 g/mol. The molecule has 1 aromatic rings. The first-order valence-corrected chi connectivity index (χ1v) is 4.49. The van der Waals surface area contributed by atoms with E-state index in [1.165, 1.54) is 5.56 Å². The average Bonchev–Trinajstić information content (AvgIpc) is 2.58. The molecule has 0 radical (unpaired) electrons. The zero-order valence-electron chi connectivity index (χ0n) is 7.46. The standard InChI is InChI=1S/C12H12O/c1-2-12(9-13)8-7-10-5-3-4-6-11(10)12/h1,3-6,13H,7-9H2/t12-/m0/s1. The number of hydrogen-bond acceptors (Lipinski definition) is 1. The van der Waals surface area contributed by atoms with Gasteiger partial charge in [-0.3, -0.25) is 0 Å². The van der Waals surface area contributed by atoms with E-state index in [4.69, 9.17) is 6.42 Å². The molecule has 1 nitrogen and oxygen atoms in total. The molecule has 0 saturated heterocycles.